The molecular formula is C51H31N. The first-order valence-electron chi connectivity index (χ1n) is 18.2. The summed E-state index contributed by atoms with van der Waals surface area (Å²) in [5.74, 6) is 0. The lowest BCUT2D eigenvalue weighted by Gasteiger charge is -2.40. The summed E-state index contributed by atoms with van der Waals surface area (Å²) in [6, 6.07) is 70.2. The summed E-state index contributed by atoms with van der Waals surface area (Å²) in [5.41, 5.74) is 16.5. The highest BCUT2D eigenvalue weighted by Crippen LogP contribution is 2.64. The van der Waals surface area contributed by atoms with E-state index in [4.69, 9.17) is 0 Å². The molecule has 0 saturated carbocycles. The Labute approximate surface area is 301 Å². The van der Waals surface area contributed by atoms with Gasteiger partial charge in [0.05, 0.1) is 16.4 Å². The number of aromatic nitrogens is 1. The summed E-state index contributed by atoms with van der Waals surface area (Å²) in [7, 11) is 0. The number of nitrogens with zero attached hydrogens (tertiary/aromatic N) is 1. The molecule has 10 aromatic rings. The number of para-hydroxylation sites is 2. The van der Waals surface area contributed by atoms with E-state index in [-0.39, 0.29) is 0 Å². The second kappa shape index (κ2) is 10.2. The molecule has 0 fully saturated rings. The summed E-state index contributed by atoms with van der Waals surface area (Å²) in [5, 5.41) is 7.79. The molecule has 0 bridgehead atoms. The molecular weight excluding hydrogens is 627 g/mol. The van der Waals surface area contributed by atoms with E-state index in [1.165, 1.54) is 105 Å². The molecule has 52 heavy (non-hydrogen) atoms. The quantitative estimate of drug-likeness (QED) is 0.167. The van der Waals surface area contributed by atoms with Crippen LogP contribution in [0, 0.1) is 0 Å². The van der Waals surface area contributed by atoms with Gasteiger partial charge in [-0.25, -0.2) is 0 Å². The van der Waals surface area contributed by atoms with Crippen molar-refractivity contribution in [1.82, 2.24) is 4.57 Å². The monoisotopic (exact) mass is 657 g/mol. The average molecular weight is 658 g/mol. The highest BCUT2D eigenvalue weighted by Gasteiger charge is 2.51. The van der Waals surface area contributed by atoms with Gasteiger partial charge < -0.3 is 4.57 Å². The Balaban J connectivity index is 1.18. The number of hydrogen-bond donors (Lipinski definition) is 0. The van der Waals surface area contributed by atoms with Gasteiger partial charge in [0.25, 0.3) is 0 Å². The predicted octanol–water partition coefficient (Wildman–Crippen LogP) is 13.1. The van der Waals surface area contributed by atoms with Crippen molar-refractivity contribution in [3.8, 4) is 39.1 Å². The molecule has 9 aromatic carbocycles. The van der Waals surface area contributed by atoms with Gasteiger partial charge >= 0.3 is 0 Å². The molecule has 1 atom stereocenters. The molecule has 1 nitrogen and oxygen atoms in total. The maximum Gasteiger partial charge on any atom is 0.0725 e. The van der Waals surface area contributed by atoms with Crippen molar-refractivity contribution < 1.29 is 0 Å². The summed E-state index contributed by atoms with van der Waals surface area (Å²) >= 11 is 0. The number of benzene rings is 9. The third kappa shape index (κ3) is 3.38. The number of hydrogen-bond acceptors (Lipinski definition) is 0. The Morgan fingerprint density at radius 3 is 1.63 bits per heavy atom. The standard InChI is InChI=1S/C51H31N/c1-2-14-33(15-3-1)51-43-24-9-6-16-35(43)40-21-12-23-42(50(40)51)48-39-20-5-4-19-38(39)47(41-22-13-25-44(51)49(41)48)32-28-30-34(31-29-32)52-45-26-10-7-17-36(45)37-18-8-11-27-46(37)52/h1-31H. The lowest BCUT2D eigenvalue weighted by atomic mass is 9.61. The van der Waals surface area contributed by atoms with E-state index < -0.39 is 5.41 Å². The first-order chi connectivity index (χ1) is 25.8. The zero-order valence-electron chi connectivity index (χ0n) is 28.3. The van der Waals surface area contributed by atoms with Gasteiger partial charge in [0.2, 0.25) is 0 Å². The van der Waals surface area contributed by atoms with Crippen LogP contribution in [0.5, 0.6) is 0 Å². The molecule has 0 N–H and O–H groups in total. The van der Waals surface area contributed by atoms with Crippen LogP contribution in [0.2, 0.25) is 0 Å². The number of fused-ring (bicyclic) bond motifs is 10. The summed E-state index contributed by atoms with van der Waals surface area (Å²) in [6.07, 6.45) is 0. The molecule has 1 unspecified atom stereocenters. The zero-order chi connectivity index (χ0) is 34.0. The van der Waals surface area contributed by atoms with Gasteiger partial charge in [-0.3, -0.25) is 0 Å². The Hall–Kier alpha value is -6.70. The van der Waals surface area contributed by atoms with E-state index in [2.05, 4.69) is 193 Å². The number of rotatable bonds is 3. The van der Waals surface area contributed by atoms with Crippen LogP contribution >= 0.6 is 0 Å². The van der Waals surface area contributed by atoms with Crippen molar-refractivity contribution in [3.63, 3.8) is 0 Å². The molecule has 0 spiro atoms. The first-order valence-corrected chi connectivity index (χ1v) is 18.2. The Bertz CT molecular complexity index is 3060. The fourth-order valence-corrected chi connectivity index (χ4v) is 10.1. The third-order valence-electron chi connectivity index (χ3n) is 12.0. The molecule has 12 rings (SSSR count). The molecule has 0 radical (unpaired) electrons. The third-order valence-corrected chi connectivity index (χ3v) is 12.0. The van der Waals surface area contributed by atoms with Crippen molar-refractivity contribution in [2.45, 2.75) is 5.41 Å². The van der Waals surface area contributed by atoms with Crippen molar-refractivity contribution in [3.05, 3.63) is 210 Å². The Morgan fingerprint density at radius 2 is 0.885 bits per heavy atom. The topological polar surface area (TPSA) is 4.93 Å². The maximum absolute atomic E-state index is 2.41. The van der Waals surface area contributed by atoms with Crippen LogP contribution in [-0.2, 0) is 5.41 Å². The van der Waals surface area contributed by atoms with Gasteiger partial charge in [-0.15, -0.1) is 0 Å². The molecule has 1 heterocycles. The van der Waals surface area contributed by atoms with Crippen molar-refractivity contribution in [1.29, 1.82) is 0 Å². The highest BCUT2D eigenvalue weighted by atomic mass is 15.0. The minimum atomic E-state index is -0.420. The largest absolute Gasteiger partial charge is 0.309 e. The van der Waals surface area contributed by atoms with E-state index in [1.54, 1.807) is 0 Å². The van der Waals surface area contributed by atoms with Gasteiger partial charge in [-0.2, -0.15) is 0 Å². The van der Waals surface area contributed by atoms with E-state index in [9.17, 15) is 0 Å². The van der Waals surface area contributed by atoms with Gasteiger partial charge in [-0.1, -0.05) is 164 Å². The van der Waals surface area contributed by atoms with Crippen molar-refractivity contribution >= 4 is 43.4 Å². The summed E-state index contributed by atoms with van der Waals surface area (Å²) in [4.78, 5) is 0. The normalized spacial score (nSPS) is 15.4. The molecule has 2 aliphatic rings. The molecule has 1 heteroatoms. The second-order valence-electron chi connectivity index (χ2n) is 14.3. The van der Waals surface area contributed by atoms with Gasteiger partial charge in [0.1, 0.15) is 0 Å². The molecule has 1 aromatic heterocycles. The molecule has 0 aliphatic heterocycles. The van der Waals surface area contributed by atoms with Crippen molar-refractivity contribution in [2.24, 2.45) is 0 Å². The van der Waals surface area contributed by atoms with Gasteiger partial charge in [0.15, 0.2) is 0 Å². The second-order valence-corrected chi connectivity index (χ2v) is 14.3. The average Bonchev–Trinajstić information content (AvgIpc) is 3.72. The smallest absolute Gasteiger partial charge is 0.0725 e. The molecule has 2 aliphatic carbocycles. The van der Waals surface area contributed by atoms with Crippen LogP contribution in [0.15, 0.2) is 188 Å². The van der Waals surface area contributed by atoms with E-state index >= 15 is 0 Å². The Morgan fingerprint density at radius 1 is 0.346 bits per heavy atom. The van der Waals surface area contributed by atoms with Crippen molar-refractivity contribution in [2.75, 3.05) is 0 Å². The highest BCUT2D eigenvalue weighted by molar-refractivity contribution is 6.25. The van der Waals surface area contributed by atoms with Crippen LogP contribution in [-0.4, -0.2) is 4.57 Å². The SMILES string of the molecule is c1ccc(C23c4ccccc4-c4cccc(c42)-c2c4ccccc4c(-c4ccc(-n5c6ccccc6c6ccccc65)cc4)c4cccc3c24)cc1. The fourth-order valence-electron chi connectivity index (χ4n) is 10.1. The van der Waals surface area contributed by atoms with Crippen LogP contribution in [0.1, 0.15) is 22.3 Å². The van der Waals surface area contributed by atoms with Crippen LogP contribution in [0.3, 0.4) is 0 Å². The van der Waals surface area contributed by atoms with Gasteiger partial charge in [0, 0.05) is 16.5 Å². The predicted molar refractivity (Wildman–Crippen MR) is 218 cm³/mol. The maximum atomic E-state index is 2.41. The van der Waals surface area contributed by atoms with E-state index in [0.29, 0.717) is 0 Å². The zero-order valence-corrected chi connectivity index (χ0v) is 28.3. The lowest BCUT2D eigenvalue weighted by Crippen LogP contribution is -2.31. The summed E-state index contributed by atoms with van der Waals surface area (Å²) in [6.45, 7) is 0. The molecule has 0 amide bonds. The van der Waals surface area contributed by atoms with Crippen LogP contribution < -0.4 is 0 Å². The summed E-state index contributed by atoms with van der Waals surface area (Å²) < 4.78 is 2.40. The van der Waals surface area contributed by atoms with E-state index in [1.807, 2.05) is 0 Å². The Kier molecular flexibility index (Phi) is 5.49. The van der Waals surface area contributed by atoms with Crippen LogP contribution in [0.25, 0.3) is 82.4 Å². The minimum absolute atomic E-state index is 0.420. The molecule has 0 saturated heterocycles. The fraction of sp³-hybridized carbons (Fsp3) is 0.0196. The van der Waals surface area contributed by atoms with Crippen LogP contribution in [0.4, 0.5) is 0 Å². The lowest BCUT2D eigenvalue weighted by molar-refractivity contribution is 0.774. The first kappa shape index (κ1) is 28.0. The van der Waals surface area contributed by atoms with E-state index in [0.717, 1.165) is 0 Å². The van der Waals surface area contributed by atoms with Gasteiger partial charge in [-0.05, 0) is 101 Å². The minimum Gasteiger partial charge on any atom is -0.309 e. The molecule has 240 valence electrons.